The van der Waals surface area contributed by atoms with Crippen LogP contribution in [0, 0.1) is 0 Å². The molecule has 1 unspecified atom stereocenters. The van der Waals surface area contributed by atoms with Crippen molar-refractivity contribution in [2.24, 2.45) is 5.73 Å². The van der Waals surface area contributed by atoms with Crippen LogP contribution >= 0.6 is 34.9 Å². The van der Waals surface area contributed by atoms with Crippen molar-refractivity contribution in [2.45, 2.75) is 25.1 Å². The van der Waals surface area contributed by atoms with Crippen LogP contribution < -0.4 is 5.73 Å². The Morgan fingerprint density at radius 3 is 2.87 bits per heavy atom. The Hall–Kier alpha value is 0.290. The molecule has 1 fully saturated rings. The molecule has 1 atom stereocenters. The lowest BCUT2D eigenvalue weighted by atomic mass is 10.3. The van der Waals surface area contributed by atoms with E-state index in [9.17, 15) is 0 Å². The normalized spacial score (nSPS) is 21.9. The first-order valence-corrected chi connectivity index (χ1v) is 8.25. The molecule has 0 bridgehead atoms. The van der Waals surface area contributed by atoms with Crippen LogP contribution in [0.4, 0.5) is 0 Å². The fourth-order valence-electron chi connectivity index (χ4n) is 1.61. The largest absolute Gasteiger partial charge is 0.326 e. The summed E-state index contributed by atoms with van der Waals surface area (Å²) in [7, 11) is 0. The second kappa shape index (κ2) is 5.57. The third-order valence-corrected chi connectivity index (χ3v) is 6.55. The highest BCUT2D eigenvalue weighted by Gasteiger charge is 2.21. The molecule has 0 aromatic carbocycles. The number of hydrogen-bond donors (Lipinski definition) is 1. The number of aromatic nitrogens is 1. The minimum atomic E-state index is 0.611. The number of aryl methyl sites for hydroxylation is 1. The average molecular weight is 260 g/mol. The molecule has 0 spiro atoms. The van der Waals surface area contributed by atoms with Crippen LogP contribution in [0.5, 0.6) is 0 Å². The Morgan fingerprint density at radius 2 is 2.33 bits per heavy atom. The van der Waals surface area contributed by atoms with Crippen LogP contribution in [-0.2, 0) is 13.0 Å². The van der Waals surface area contributed by atoms with Gasteiger partial charge in [-0.15, -0.1) is 23.1 Å². The summed E-state index contributed by atoms with van der Waals surface area (Å²) in [5.74, 6) is 3.76. The molecule has 2 nitrogen and oxygen atoms in total. The minimum Gasteiger partial charge on any atom is -0.326 e. The predicted octanol–water partition coefficient (Wildman–Crippen LogP) is 2.69. The summed E-state index contributed by atoms with van der Waals surface area (Å²) in [4.78, 5) is 6.01. The van der Waals surface area contributed by atoms with Gasteiger partial charge in [0, 0.05) is 28.7 Å². The highest BCUT2D eigenvalue weighted by atomic mass is 32.2. The highest BCUT2D eigenvalue weighted by Crippen LogP contribution is 2.39. The first kappa shape index (κ1) is 11.8. The molecule has 1 aromatic rings. The molecule has 1 aliphatic heterocycles. The van der Waals surface area contributed by atoms with Crippen molar-refractivity contribution in [3.05, 3.63) is 15.6 Å². The van der Waals surface area contributed by atoms with Gasteiger partial charge in [-0.3, -0.25) is 0 Å². The van der Waals surface area contributed by atoms with Crippen molar-refractivity contribution >= 4 is 34.9 Å². The van der Waals surface area contributed by atoms with Crippen molar-refractivity contribution in [3.8, 4) is 0 Å². The molecule has 0 saturated carbocycles. The van der Waals surface area contributed by atoms with Crippen LogP contribution in [0.25, 0.3) is 0 Å². The highest BCUT2D eigenvalue weighted by molar-refractivity contribution is 8.06. The second-order valence-electron chi connectivity index (χ2n) is 3.41. The summed E-state index contributed by atoms with van der Waals surface area (Å²) >= 11 is 5.91. The first-order valence-electron chi connectivity index (χ1n) is 5.23. The molecule has 15 heavy (non-hydrogen) atoms. The molecule has 2 rings (SSSR count). The molecule has 2 heterocycles. The standard InChI is InChI=1S/C10H16N2S3/c1-2-7-8(5-11)15-10(12-7)9-6-13-3-4-14-9/h9H,2-6,11H2,1H3. The number of hydrogen-bond acceptors (Lipinski definition) is 5. The maximum Gasteiger partial charge on any atom is 0.107 e. The smallest absolute Gasteiger partial charge is 0.107 e. The van der Waals surface area contributed by atoms with Crippen LogP contribution in [0.15, 0.2) is 0 Å². The summed E-state index contributed by atoms with van der Waals surface area (Å²) in [6.07, 6.45) is 1.01. The Balaban J connectivity index is 2.16. The van der Waals surface area contributed by atoms with Gasteiger partial charge in [-0.2, -0.15) is 11.8 Å². The van der Waals surface area contributed by atoms with Crippen molar-refractivity contribution < 1.29 is 0 Å². The molecule has 0 aliphatic carbocycles. The molecule has 2 N–H and O–H groups in total. The number of thioether (sulfide) groups is 2. The Kier molecular flexibility index (Phi) is 4.37. The summed E-state index contributed by atoms with van der Waals surface area (Å²) in [6.45, 7) is 2.80. The SMILES string of the molecule is CCc1nc(C2CSCCS2)sc1CN. The monoisotopic (exact) mass is 260 g/mol. The van der Waals surface area contributed by atoms with Crippen LogP contribution in [0.2, 0.25) is 0 Å². The zero-order valence-corrected chi connectivity index (χ0v) is 11.3. The van der Waals surface area contributed by atoms with Gasteiger partial charge in [0.1, 0.15) is 5.01 Å². The lowest BCUT2D eigenvalue weighted by molar-refractivity contribution is 0.957. The topological polar surface area (TPSA) is 38.9 Å². The third-order valence-electron chi connectivity index (χ3n) is 2.41. The van der Waals surface area contributed by atoms with Gasteiger partial charge in [-0.1, -0.05) is 6.92 Å². The van der Waals surface area contributed by atoms with E-state index in [-0.39, 0.29) is 0 Å². The summed E-state index contributed by atoms with van der Waals surface area (Å²) in [5.41, 5.74) is 6.94. The van der Waals surface area contributed by atoms with Crippen LogP contribution in [-0.4, -0.2) is 22.2 Å². The van der Waals surface area contributed by atoms with Crippen LogP contribution in [0.3, 0.4) is 0 Å². The number of nitrogens with zero attached hydrogens (tertiary/aromatic N) is 1. The number of nitrogens with two attached hydrogens (primary N) is 1. The fourth-order valence-corrected chi connectivity index (χ4v) is 5.62. The zero-order chi connectivity index (χ0) is 10.7. The van der Waals surface area contributed by atoms with E-state index < -0.39 is 0 Å². The second-order valence-corrected chi connectivity index (χ2v) is 6.99. The molecule has 0 radical (unpaired) electrons. The van der Waals surface area contributed by atoms with E-state index in [0.717, 1.165) is 6.42 Å². The molecule has 5 heteroatoms. The maximum atomic E-state index is 5.73. The van der Waals surface area contributed by atoms with E-state index in [1.807, 2.05) is 34.9 Å². The van der Waals surface area contributed by atoms with Gasteiger partial charge in [0.2, 0.25) is 0 Å². The van der Waals surface area contributed by atoms with Gasteiger partial charge in [0.15, 0.2) is 0 Å². The Bertz CT molecular complexity index is 297. The first-order chi connectivity index (χ1) is 7.35. The van der Waals surface area contributed by atoms with Crippen molar-refractivity contribution in [1.29, 1.82) is 0 Å². The molecule has 1 aliphatic rings. The van der Waals surface area contributed by atoms with Crippen LogP contribution in [0.1, 0.15) is 27.8 Å². The minimum absolute atomic E-state index is 0.611. The molecule has 0 amide bonds. The Labute approximate surface area is 103 Å². The fraction of sp³-hybridized carbons (Fsp3) is 0.700. The van der Waals surface area contributed by atoms with Crippen molar-refractivity contribution in [1.82, 2.24) is 4.98 Å². The zero-order valence-electron chi connectivity index (χ0n) is 8.86. The summed E-state index contributed by atoms with van der Waals surface area (Å²) < 4.78 is 0. The molecular weight excluding hydrogens is 244 g/mol. The van der Waals surface area contributed by atoms with E-state index in [4.69, 9.17) is 10.7 Å². The lowest BCUT2D eigenvalue weighted by Gasteiger charge is -2.18. The molecule has 1 aromatic heterocycles. The summed E-state index contributed by atoms with van der Waals surface area (Å²) in [5, 5.41) is 1.91. The van der Waals surface area contributed by atoms with Crippen molar-refractivity contribution in [3.63, 3.8) is 0 Å². The van der Waals surface area contributed by atoms with E-state index in [1.54, 1.807) is 0 Å². The molecule has 1 saturated heterocycles. The van der Waals surface area contributed by atoms with E-state index in [1.165, 1.54) is 32.8 Å². The summed E-state index contributed by atoms with van der Waals surface area (Å²) in [6, 6.07) is 0. The van der Waals surface area contributed by atoms with Gasteiger partial charge < -0.3 is 5.73 Å². The van der Waals surface area contributed by atoms with Gasteiger partial charge in [0.05, 0.1) is 10.9 Å². The Morgan fingerprint density at radius 1 is 1.47 bits per heavy atom. The third kappa shape index (κ3) is 2.70. The average Bonchev–Trinajstić information content (AvgIpc) is 2.73. The van der Waals surface area contributed by atoms with E-state index >= 15 is 0 Å². The quantitative estimate of drug-likeness (QED) is 0.907. The van der Waals surface area contributed by atoms with Gasteiger partial charge in [0.25, 0.3) is 0 Å². The molecule has 84 valence electrons. The lowest BCUT2D eigenvalue weighted by Crippen LogP contribution is -2.06. The van der Waals surface area contributed by atoms with Gasteiger partial charge in [-0.25, -0.2) is 4.98 Å². The van der Waals surface area contributed by atoms with Gasteiger partial charge in [-0.05, 0) is 6.42 Å². The molecular formula is C10H16N2S3. The number of rotatable bonds is 3. The number of thiazole rings is 1. The maximum absolute atomic E-state index is 5.73. The van der Waals surface area contributed by atoms with E-state index in [0.29, 0.717) is 11.8 Å². The van der Waals surface area contributed by atoms with Crippen molar-refractivity contribution in [2.75, 3.05) is 17.3 Å². The van der Waals surface area contributed by atoms with E-state index in [2.05, 4.69) is 6.92 Å². The predicted molar refractivity (Wildman–Crippen MR) is 71.9 cm³/mol. The van der Waals surface area contributed by atoms with Gasteiger partial charge >= 0.3 is 0 Å².